The molecule has 6 heteroatoms. The Kier molecular flexibility index (Phi) is 4.37. The van der Waals surface area contributed by atoms with E-state index in [9.17, 15) is 14.0 Å². The molecular weight excluding hydrogens is 275 g/mol. The minimum atomic E-state index is -1.14. The van der Waals surface area contributed by atoms with Crippen LogP contribution in [0.15, 0.2) is 41.5 Å². The van der Waals surface area contributed by atoms with Crippen molar-refractivity contribution in [2.24, 2.45) is 0 Å². The van der Waals surface area contributed by atoms with Crippen LogP contribution < -0.4 is 5.69 Å². The van der Waals surface area contributed by atoms with Crippen molar-refractivity contribution in [2.45, 2.75) is 20.0 Å². The van der Waals surface area contributed by atoms with Crippen molar-refractivity contribution in [3.8, 4) is 0 Å². The third-order valence-corrected chi connectivity index (χ3v) is 3.08. The van der Waals surface area contributed by atoms with Crippen LogP contribution in [0.3, 0.4) is 0 Å². The number of nitrogens with zero attached hydrogens (tertiary/aromatic N) is 2. The molecule has 110 valence electrons. The minimum absolute atomic E-state index is 0.135. The van der Waals surface area contributed by atoms with E-state index in [-0.39, 0.29) is 11.3 Å². The van der Waals surface area contributed by atoms with Gasteiger partial charge in [-0.05, 0) is 30.7 Å². The summed E-state index contributed by atoms with van der Waals surface area (Å²) in [6.07, 6.45) is 5.43. The van der Waals surface area contributed by atoms with E-state index < -0.39 is 11.8 Å². The topological polar surface area (TPSA) is 64.2 Å². The van der Waals surface area contributed by atoms with Gasteiger partial charge in [-0.1, -0.05) is 6.07 Å². The zero-order valence-electron chi connectivity index (χ0n) is 11.5. The maximum atomic E-state index is 13.6. The van der Waals surface area contributed by atoms with Crippen LogP contribution in [-0.2, 0) is 17.9 Å². The fourth-order valence-electron chi connectivity index (χ4n) is 1.99. The van der Waals surface area contributed by atoms with Crippen LogP contribution in [0.1, 0.15) is 18.1 Å². The zero-order valence-corrected chi connectivity index (χ0v) is 11.5. The van der Waals surface area contributed by atoms with Crippen molar-refractivity contribution >= 4 is 12.0 Å². The Hall–Kier alpha value is -2.63. The highest BCUT2D eigenvalue weighted by Crippen LogP contribution is 2.13. The second kappa shape index (κ2) is 6.21. The first kappa shape index (κ1) is 14.8. The maximum absolute atomic E-state index is 13.6. The fourth-order valence-corrected chi connectivity index (χ4v) is 1.99. The summed E-state index contributed by atoms with van der Waals surface area (Å²) in [6.45, 7) is 2.76. The number of hydrogen-bond acceptors (Lipinski definition) is 2. The van der Waals surface area contributed by atoms with E-state index in [1.54, 1.807) is 23.0 Å². The first-order chi connectivity index (χ1) is 10.0. The molecule has 0 radical (unpaired) electrons. The largest absolute Gasteiger partial charge is 0.478 e. The van der Waals surface area contributed by atoms with Crippen LogP contribution in [0, 0.1) is 5.82 Å². The van der Waals surface area contributed by atoms with E-state index in [2.05, 4.69) is 0 Å². The molecule has 0 aliphatic rings. The summed E-state index contributed by atoms with van der Waals surface area (Å²) >= 11 is 0. The summed E-state index contributed by atoms with van der Waals surface area (Å²) in [5.41, 5.74) is 0.764. The number of halogens is 1. The quantitative estimate of drug-likeness (QED) is 0.856. The molecule has 0 unspecified atom stereocenters. The van der Waals surface area contributed by atoms with Crippen molar-refractivity contribution < 1.29 is 14.3 Å². The summed E-state index contributed by atoms with van der Waals surface area (Å²) in [4.78, 5) is 22.4. The van der Waals surface area contributed by atoms with Gasteiger partial charge < -0.3 is 5.11 Å². The lowest BCUT2D eigenvalue weighted by atomic mass is 10.1. The molecular formula is C15H15FN2O3. The van der Waals surface area contributed by atoms with Crippen molar-refractivity contribution in [3.05, 3.63) is 64.1 Å². The van der Waals surface area contributed by atoms with Crippen LogP contribution in [0.25, 0.3) is 6.08 Å². The van der Waals surface area contributed by atoms with E-state index in [4.69, 9.17) is 5.11 Å². The molecule has 5 nitrogen and oxygen atoms in total. The molecule has 1 aromatic heterocycles. The van der Waals surface area contributed by atoms with Crippen molar-refractivity contribution in [2.75, 3.05) is 0 Å². The normalized spacial score (nSPS) is 11.1. The molecule has 0 amide bonds. The lowest BCUT2D eigenvalue weighted by Gasteiger charge is -2.04. The second-order valence-corrected chi connectivity index (χ2v) is 4.52. The smallest absolute Gasteiger partial charge is 0.328 e. The number of carboxylic acids is 1. The average Bonchev–Trinajstić information content (AvgIpc) is 2.80. The fraction of sp³-hybridized carbons (Fsp3) is 0.200. The summed E-state index contributed by atoms with van der Waals surface area (Å²) in [5, 5.41) is 8.58. The third-order valence-electron chi connectivity index (χ3n) is 3.08. The highest BCUT2D eigenvalue weighted by atomic mass is 19.1. The van der Waals surface area contributed by atoms with Crippen LogP contribution in [0.4, 0.5) is 4.39 Å². The summed E-state index contributed by atoms with van der Waals surface area (Å²) in [5.74, 6) is -1.65. The second-order valence-electron chi connectivity index (χ2n) is 4.52. The van der Waals surface area contributed by atoms with Crippen molar-refractivity contribution in [1.82, 2.24) is 9.13 Å². The SMILES string of the molecule is CCn1ccn(Cc2ccc(F)c(/C=C/C(=O)O)c2)c1=O. The number of imidazole rings is 1. The monoisotopic (exact) mass is 290 g/mol. The van der Waals surface area contributed by atoms with Gasteiger partial charge in [0.15, 0.2) is 0 Å². The number of rotatable bonds is 5. The van der Waals surface area contributed by atoms with Gasteiger partial charge in [-0.25, -0.2) is 14.0 Å². The van der Waals surface area contributed by atoms with Gasteiger partial charge in [0, 0.05) is 30.6 Å². The van der Waals surface area contributed by atoms with Gasteiger partial charge in [-0.15, -0.1) is 0 Å². The number of aliphatic carboxylic acids is 1. The van der Waals surface area contributed by atoms with Gasteiger partial charge in [0.1, 0.15) is 5.82 Å². The highest BCUT2D eigenvalue weighted by molar-refractivity contribution is 5.85. The number of aryl methyl sites for hydroxylation is 1. The number of aromatic nitrogens is 2. The Morgan fingerprint density at radius 2 is 2.05 bits per heavy atom. The Bertz CT molecular complexity index is 744. The predicted molar refractivity (Wildman–Crippen MR) is 76.5 cm³/mol. The van der Waals surface area contributed by atoms with Crippen molar-refractivity contribution in [1.29, 1.82) is 0 Å². The number of carboxylic acid groups (broad SMARTS) is 1. The molecule has 1 aromatic carbocycles. The van der Waals surface area contributed by atoms with Gasteiger partial charge in [-0.2, -0.15) is 0 Å². The minimum Gasteiger partial charge on any atom is -0.478 e. The maximum Gasteiger partial charge on any atom is 0.328 e. The van der Waals surface area contributed by atoms with Gasteiger partial charge in [-0.3, -0.25) is 9.13 Å². The van der Waals surface area contributed by atoms with Crippen LogP contribution >= 0.6 is 0 Å². The Labute approximate surface area is 120 Å². The van der Waals surface area contributed by atoms with E-state index in [1.165, 1.54) is 22.8 Å². The molecule has 0 fully saturated rings. The molecule has 2 rings (SSSR count). The van der Waals surface area contributed by atoms with Gasteiger partial charge >= 0.3 is 11.7 Å². The van der Waals surface area contributed by atoms with E-state index in [0.717, 1.165) is 11.6 Å². The van der Waals surface area contributed by atoms with Gasteiger partial charge in [0.2, 0.25) is 0 Å². The van der Waals surface area contributed by atoms with Crippen LogP contribution in [-0.4, -0.2) is 20.2 Å². The average molecular weight is 290 g/mol. The first-order valence-corrected chi connectivity index (χ1v) is 6.46. The molecule has 0 aliphatic heterocycles. The molecule has 0 saturated carbocycles. The van der Waals surface area contributed by atoms with E-state index >= 15 is 0 Å². The molecule has 0 aliphatic carbocycles. The van der Waals surface area contributed by atoms with Crippen LogP contribution in [0.5, 0.6) is 0 Å². The van der Waals surface area contributed by atoms with Gasteiger partial charge in [0.05, 0.1) is 6.54 Å². The summed E-state index contributed by atoms with van der Waals surface area (Å²) < 4.78 is 16.7. The molecule has 0 saturated heterocycles. The Balaban J connectivity index is 2.28. The number of hydrogen-bond donors (Lipinski definition) is 1. The lowest BCUT2D eigenvalue weighted by molar-refractivity contribution is -0.131. The lowest BCUT2D eigenvalue weighted by Crippen LogP contribution is -2.23. The molecule has 2 aromatic rings. The third kappa shape index (κ3) is 3.47. The molecule has 0 bridgehead atoms. The van der Waals surface area contributed by atoms with Crippen LogP contribution in [0.2, 0.25) is 0 Å². The predicted octanol–water partition coefficient (Wildman–Crippen LogP) is 1.95. The zero-order chi connectivity index (χ0) is 15.4. The van der Waals surface area contributed by atoms with Crippen molar-refractivity contribution in [3.63, 3.8) is 0 Å². The van der Waals surface area contributed by atoms with E-state index in [0.29, 0.717) is 13.1 Å². The summed E-state index contributed by atoms with van der Waals surface area (Å²) in [7, 11) is 0. The van der Waals surface area contributed by atoms with E-state index in [1.807, 2.05) is 6.92 Å². The Morgan fingerprint density at radius 3 is 2.67 bits per heavy atom. The Morgan fingerprint density at radius 1 is 1.33 bits per heavy atom. The number of benzene rings is 1. The van der Waals surface area contributed by atoms with Gasteiger partial charge in [0.25, 0.3) is 0 Å². The molecule has 1 N–H and O–H groups in total. The standard InChI is InChI=1S/C15H15FN2O3/c1-2-17-7-8-18(15(17)21)10-11-3-5-13(16)12(9-11)4-6-14(19)20/h3-9H,2,10H2,1H3,(H,19,20)/b6-4+. The summed E-state index contributed by atoms with van der Waals surface area (Å²) in [6, 6.07) is 4.37. The molecule has 1 heterocycles. The first-order valence-electron chi connectivity index (χ1n) is 6.46. The number of carbonyl (C=O) groups is 1. The molecule has 21 heavy (non-hydrogen) atoms. The molecule has 0 spiro atoms. The molecule has 0 atom stereocenters. The highest BCUT2D eigenvalue weighted by Gasteiger charge is 2.05.